The van der Waals surface area contributed by atoms with Gasteiger partial charge < -0.3 is 16.0 Å². The van der Waals surface area contributed by atoms with E-state index in [0.29, 0.717) is 25.3 Å². The maximum Gasteiger partial charge on any atom is 0.224 e. The average Bonchev–Trinajstić information content (AvgIpc) is 2.52. The van der Waals surface area contributed by atoms with Crippen LogP contribution in [0.25, 0.3) is 0 Å². The third-order valence-corrected chi connectivity index (χ3v) is 3.46. The van der Waals surface area contributed by atoms with Gasteiger partial charge in [-0.25, -0.2) is 4.98 Å². The number of aromatic nitrogens is 1. The van der Waals surface area contributed by atoms with Crippen LogP contribution in [-0.2, 0) is 4.79 Å². The van der Waals surface area contributed by atoms with Crippen LogP contribution in [-0.4, -0.2) is 37.1 Å². The number of nitrogens with zero attached hydrogens (tertiary/aromatic N) is 3. The molecule has 6 nitrogen and oxygen atoms in total. The zero-order chi connectivity index (χ0) is 14.4. The van der Waals surface area contributed by atoms with Crippen molar-refractivity contribution in [1.82, 2.24) is 10.3 Å². The molecule has 1 atom stereocenters. The lowest BCUT2D eigenvalue weighted by molar-refractivity contribution is -0.125. The Kier molecular flexibility index (Phi) is 4.91. The van der Waals surface area contributed by atoms with Crippen LogP contribution in [0, 0.1) is 17.2 Å². The molecule has 0 aromatic carbocycles. The third-order valence-electron chi connectivity index (χ3n) is 3.46. The number of carbonyl (C=O) groups excluding carboxylic acids is 1. The number of hydrogen-bond donors (Lipinski definition) is 2. The van der Waals surface area contributed by atoms with E-state index in [1.54, 1.807) is 12.3 Å². The van der Waals surface area contributed by atoms with Gasteiger partial charge in [-0.15, -0.1) is 0 Å². The van der Waals surface area contributed by atoms with Crippen LogP contribution in [0.15, 0.2) is 18.3 Å². The Morgan fingerprint density at radius 2 is 2.50 bits per heavy atom. The number of nitriles is 1. The van der Waals surface area contributed by atoms with Crippen LogP contribution >= 0.6 is 0 Å². The lowest BCUT2D eigenvalue weighted by atomic mass is 9.96. The summed E-state index contributed by atoms with van der Waals surface area (Å²) in [6, 6.07) is 5.68. The topological polar surface area (TPSA) is 95.0 Å². The summed E-state index contributed by atoms with van der Waals surface area (Å²) in [6.45, 7) is 2.54. The Morgan fingerprint density at radius 1 is 1.65 bits per heavy atom. The van der Waals surface area contributed by atoms with E-state index in [1.807, 2.05) is 12.1 Å². The fraction of sp³-hybridized carbons (Fsp3) is 0.500. The van der Waals surface area contributed by atoms with Crippen LogP contribution in [0.2, 0.25) is 0 Å². The van der Waals surface area contributed by atoms with E-state index in [2.05, 4.69) is 15.2 Å². The highest BCUT2D eigenvalue weighted by molar-refractivity contribution is 5.79. The van der Waals surface area contributed by atoms with E-state index in [1.165, 1.54) is 0 Å². The Balaban J connectivity index is 2.03. The van der Waals surface area contributed by atoms with E-state index in [0.717, 1.165) is 25.1 Å². The molecular weight excluding hydrogens is 254 g/mol. The summed E-state index contributed by atoms with van der Waals surface area (Å²) in [4.78, 5) is 18.1. The number of amides is 1. The van der Waals surface area contributed by atoms with Gasteiger partial charge in [0, 0.05) is 38.1 Å². The smallest absolute Gasteiger partial charge is 0.224 e. The number of anilines is 1. The molecular formula is C14H19N5O. The molecule has 106 valence electrons. The van der Waals surface area contributed by atoms with Gasteiger partial charge in [-0.3, -0.25) is 4.79 Å². The molecule has 0 spiro atoms. The first-order chi connectivity index (χ1) is 9.74. The molecule has 1 aromatic rings. The molecule has 2 heterocycles. The van der Waals surface area contributed by atoms with Crippen molar-refractivity contribution >= 4 is 11.6 Å². The third kappa shape index (κ3) is 3.45. The Labute approximate surface area is 118 Å². The van der Waals surface area contributed by atoms with E-state index in [4.69, 9.17) is 11.0 Å². The molecule has 1 aromatic heterocycles. The van der Waals surface area contributed by atoms with Gasteiger partial charge in [-0.1, -0.05) is 0 Å². The Bertz CT molecular complexity index is 511. The summed E-state index contributed by atoms with van der Waals surface area (Å²) >= 11 is 0. The first kappa shape index (κ1) is 14.3. The predicted octanol–water partition coefficient (Wildman–Crippen LogP) is 0.245. The van der Waals surface area contributed by atoms with Crippen molar-refractivity contribution in [3.63, 3.8) is 0 Å². The summed E-state index contributed by atoms with van der Waals surface area (Å²) in [6.07, 6.45) is 3.49. The minimum Gasteiger partial charge on any atom is -0.371 e. The second-order valence-corrected chi connectivity index (χ2v) is 4.88. The van der Waals surface area contributed by atoms with Gasteiger partial charge in [-0.2, -0.15) is 5.26 Å². The highest BCUT2D eigenvalue weighted by Crippen LogP contribution is 2.23. The van der Waals surface area contributed by atoms with Crippen molar-refractivity contribution in [1.29, 1.82) is 5.26 Å². The largest absolute Gasteiger partial charge is 0.371 e. The van der Waals surface area contributed by atoms with Crippen molar-refractivity contribution in [2.24, 2.45) is 11.7 Å². The van der Waals surface area contributed by atoms with Gasteiger partial charge in [0.2, 0.25) is 5.91 Å². The van der Waals surface area contributed by atoms with Gasteiger partial charge in [-0.05, 0) is 25.0 Å². The Morgan fingerprint density at radius 3 is 3.25 bits per heavy atom. The molecule has 1 saturated heterocycles. The van der Waals surface area contributed by atoms with Crippen LogP contribution < -0.4 is 16.0 Å². The standard InChI is InChI=1S/C14H19N5O/c15-4-6-18-14(20)11-2-1-7-19(10-11)13-3-5-17-12(8-13)9-16/h3,5,8,11H,1-2,4,6-7,10,15H2,(H,18,20). The molecule has 1 amide bonds. The number of pyridine rings is 1. The SMILES string of the molecule is N#Cc1cc(N2CCCC(C(=O)NCCN)C2)ccn1. The predicted molar refractivity (Wildman–Crippen MR) is 76.0 cm³/mol. The highest BCUT2D eigenvalue weighted by atomic mass is 16.1. The van der Waals surface area contributed by atoms with Gasteiger partial charge in [0.25, 0.3) is 0 Å². The first-order valence-corrected chi connectivity index (χ1v) is 6.83. The minimum absolute atomic E-state index is 0.0194. The summed E-state index contributed by atoms with van der Waals surface area (Å²) in [5.41, 5.74) is 6.75. The summed E-state index contributed by atoms with van der Waals surface area (Å²) < 4.78 is 0. The normalized spacial score (nSPS) is 18.4. The lowest BCUT2D eigenvalue weighted by Gasteiger charge is -2.33. The molecule has 6 heteroatoms. The maximum atomic E-state index is 12.0. The van der Waals surface area contributed by atoms with Gasteiger partial charge >= 0.3 is 0 Å². The minimum atomic E-state index is -0.0194. The molecule has 1 aliphatic heterocycles. The monoisotopic (exact) mass is 273 g/mol. The van der Waals surface area contributed by atoms with Crippen molar-refractivity contribution in [2.45, 2.75) is 12.8 Å². The molecule has 0 aliphatic carbocycles. The molecule has 0 bridgehead atoms. The highest BCUT2D eigenvalue weighted by Gasteiger charge is 2.25. The molecule has 2 rings (SSSR count). The molecule has 0 radical (unpaired) electrons. The maximum absolute atomic E-state index is 12.0. The van der Waals surface area contributed by atoms with E-state index >= 15 is 0 Å². The van der Waals surface area contributed by atoms with E-state index < -0.39 is 0 Å². The van der Waals surface area contributed by atoms with E-state index in [-0.39, 0.29) is 11.8 Å². The number of piperidine rings is 1. The van der Waals surface area contributed by atoms with Gasteiger partial charge in [0.05, 0.1) is 5.92 Å². The lowest BCUT2D eigenvalue weighted by Crippen LogP contribution is -2.44. The summed E-state index contributed by atoms with van der Waals surface area (Å²) in [5, 5.41) is 11.7. The quantitative estimate of drug-likeness (QED) is 0.819. The molecule has 1 unspecified atom stereocenters. The summed E-state index contributed by atoms with van der Waals surface area (Å²) in [5.74, 6) is 0.0451. The van der Waals surface area contributed by atoms with Crippen molar-refractivity contribution < 1.29 is 4.79 Å². The second kappa shape index (κ2) is 6.87. The first-order valence-electron chi connectivity index (χ1n) is 6.83. The average molecular weight is 273 g/mol. The zero-order valence-corrected chi connectivity index (χ0v) is 11.4. The molecule has 3 N–H and O–H groups in total. The number of hydrogen-bond acceptors (Lipinski definition) is 5. The number of nitrogens with two attached hydrogens (primary N) is 1. The zero-order valence-electron chi connectivity index (χ0n) is 11.4. The van der Waals surface area contributed by atoms with Gasteiger partial charge in [0.15, 0.2) is 0 Å². The van der Waals surface area contributed by atoms with Crippen molar-refractivity contribution in [3.05, 3.63) is 24.0 Å². The number of carbonyl (C=O) groups is 1. The molecule has 1 fully saturated rings. The molecule has 1 aliphatic rings. The van der Waals surface area contributed by atoms with E-state index in [9.17, 15) is 4.79 Å². The van der Waals surface area contributed by atoms with Crippen LogP contribution in [0.1, 0.15) is 18.5 Å². The van der Waals surface area contributed by atoms with Crippen molar-refractivity contribution in [2.75, 3.05) is 31.1 Å². The molecule has 0 saturated carbocycles. The van der Waals surface area contributed by atoms with Crippen LogP contribution in [0.4, 0.5) is 5.69 Å². The fourth-order valence-electron chi connectivity index (χ4n) is 2.44. The number of rotatable bonds is 4. The van der Waals surface area contributed by atoms with Crippen LogP contribution in [0.5, 0.6) is 0 Å². The van der Waals surface area contributed by atoms with Gasteiger partial charge in [0.1, 0.15) is 11.8 Å². The fourth-order valence-corrected chi connectivity index (χ4v) is 2.44. The number of nitrogens with one attached hydrogen (secondary N) is 1. The molecule has 20 heavy (non-hydrogen) atoms. The van der Waals surface area contributed by atoms with Crippen molar-refractivity contribution in [3.8, 4) is 6.07 Å². The Hall–Kier alpha value is -2.13. The summed E-state index contributed by atoms with van der Waals surface area (Å²) in [7, 11) is 0. The van der Waals surface area contributed by atoms with Crippen LogP contribution in [0.3, 0.4) is 0 Å². The second-order valence-electron chi connectivity index (χ2n) is 4.88.